The lowest BCUT2D eigenvalue weighted by Crippen LogP contribution is -2.25. The molecule has 4 rings (SSSR count). The number of aromatic hydroxyl groups is 1. The molecule has 150 valence electrons. The van der Waals surface area contributed by atoms with E-state index in [4.69, 9.17) is 9.47 Å². The van der Waals surface area contributed by atoms with Gasteiger partial charge in [0.1, 0.15) is 23.9 Å². The lowest BCUT2D eigenvalue weighted by Gasteiger charge is -2.22. The number of phenolic OH excluding ortho intramolecular Hbond substituents is 1. The molecule has 6 heteroatoms. The summed E-state index contributed by atoms with van der Waals surface area (Å²) in [6.07, 6.45) is 0. The van der Waals surface area contributed by atoms with E-state index in [-0.39, 0.29) is 17.7 Å². The standard InChI is InChI=1S/C23H23BrN2O3/c1-28-22-5-3-2-4-18(22)20-13-25-26-23(20)19-11-10-17(12-21(19)27)29-14-15-6-8-16(24)9-7-15/h2-12,20,23,25-27H,13-14H2,1H3. The van der Waals surface area contributed by atoms with Gasteiger partial charge in [0.2, 0.25) is 0 Å². The van der Waals surface area contributed by atoms with Gasteiger partial charge in [-0.2, -0.15) is 0 Å². The van der Waals surface area contributed by atoms with E-state index < -0.39 is 0 Å². The highest BCUT2D eigenvalue weighted by Gasteiger charge is 2.33. The van der Waals surface area contributed by atoms with Crippen LogP contribution in [0.25, 0.3) is 0 Å². The highest BCUT2D eigenvalue weighted by atomic mass is 79.9. The van der Waals surface area contributed by atoms with Crippen LogP contribution in [0.15, 0.2) is 71.2 Å². The molecule has 0 aromatic heterocycles. The van der Waals surface area contributed by atoms with Gasteiger partial charge >= 0.3 is 0 Å². The fourth-order valence-corrected chi connectivity index (χ4v) is 3.94. The van der Waals surface area contributed by atoms with Crippen molar-refractivity contribution < 1.29 is 14.6 Å². The van der Waals surface area contributed by atoms with E-state index in [1.165, 1.54) is 0 Å². The normalized spacial score (nSPS) is 18.6. The van der Waals surface area contributed by atoms with Crippen molar-refractivity contribution >= 4 is 15.9 Å². The lowest BCUT2D eigenvalue weighted by atomic mass is 9.87. The third-order valence-corrected chi connectivity index (χ3v) is 5.70. The predicted octanol–water partition coefficient (Wildman–Crippen LogP) is 4.68. The fourth-order valence-electron chi connectivity index (χ4n) is 3.68. The Labute approximate surface area is 178 Å². The number of methoxy groups -OCH3 is 1. The van der Waals surface area contributed by atoms with Crippen LogP contribution in [-0.2, 0) is 6.61 Å². The van der Waals surface area contributed by atoms with E-state index in [0.29, 0.717) is 12.4 Å². The molecule has 1 saturated heterocycles. The first-order valence-corrected chi connectivity index (χ1v) is 10.3. The van der Waals surface area contributed by atoms with Crippen LogP contribution in [0.1, 0.15) is 28.7 Å². The summed E-state index contributed by atoms with van der Waals surface area (Å²) in [7, 11) is 1.68. The molecule has 29 heavy (non-hydrogen) atoms. The molecular weight excluding hydrogens is 432 g/mol. The molecule has 0 amide bonds. The van der Waals surface area contributed by atoms with Crippen molar-refractivity contribution in [2.24, 2.45) is 0 Å². The van der Waals surface area contributed by atoms with Crippen molar-refractivity contribution in [3.63, 3.8) is 0 Å². The monoisotopic (exact) mass is 454 g/mol. The summed E-state index contributed by atoms with van der Waals surface area (Å²) in [5, 5.41) is 10.7. The molecular formula is C23H23BrN2O3. The molecule has 0 saturated carbocycles. The summed E-state index contributed by atoms with van der Waals surface area (Å²) in [5.41, 5.74) is 9.49. The molecule has 0 bridgehead atoms. The maximum atomic E-state index is 10.7. The number of phenols is 1. The molecule has 0 spiro atoms. The Morgan fingerprint density at radius 2 is 1.83 bits per heavy atom. The summed E-state index contributed by atoms with van der Waals surface area (Å²) in [6.45, 7) is 1.19. The Bertz CT molecular complexity index is 978. The minimum Gasteiger partial charge on any atom is -0.507 e. The first kappa shape index (κ1) is 19.8. The van der Waals surface area contributed by atoms with Crippen molar-refractivity contribution in [3.05, 3.63) is 87.9 Å². The molecule has 1 aliphatic heterocycles. The Morgan fingerprint density at radius 3 is 2.59 bits per heavy atom. The summed E-state index contributed by atoms with van der Waals surface area (Å²) in [5.74, 6) is 1.82. The summed E-state index contributed by atoms with van der Waals surface area (Å²) in [6, 6.07) is 21.4. The Kier molecular flexibility index (Phi) is 6.04. The first-order valence-electron chi connectivity index (χ1n) is 9.47. The minimum atomic E-state index is -0.0770. The Hall–Kier alpha value is -2.54. The molecule has 1 fully saturated rings. The molecule has 2 unspecified atom stereocenters. The number of rotatable bonds is 6. The number of nitrogens with one attached hydrogen (secondary N) is 2. The summed E-state index contributed by atoms with van der Waals surface area (Å²) < 4.78 is 12.4. The topological polar surface area (TPSA) is 62.8 Å². The summed E-state index contributed by atoms with van der Waals surface area (Å²) in [4.78, 5) is 0. The van der Waals surface area contributed by atoms with Gasteiger partial charge in [0.15, 0.2) is 0 Å². The van der Waals surface area contributed by atoms with E-state index in [0.717, 1.165) is 33.5 Å². The first-order chi connectivity index (χ1) is 14.2. The van der Waals surface area contributed by atoms with Gasteiger partial charge < -0.3 is 14.6 Å². The third kappa shape index (κ3) is 4.40. The molecule has 1 heterocycles. The number of benzene rings is 3. The maximum absolute atomic E-state index is 10.7. The highest BCUT2D eigenvalue weighted by molar-refractivity contribution is 9.10. The smallest absolute Gasteiger partial charge is 0.124 e. The van der Waals surface area contributed by atoms with Gasteiger partial charge in [0.05, 0.1) is 13.2 Å². The van der Waals surface area contributed by atoms with E-state index in [1.54, 1.807) is 13.2 Å². The Balaban J connectivity index is 1.51. The molecule has 2 atom stereocenters. The SMILES string of the molecule is COc1ccccc1C1CNNC1c1ccc(OCc2ccc(Br)cc2)cc1O. The molecule has 3 aromatic carbocycles. The zero-order chi connectivity index (χ0) is 20.2. The van der Waals surface area contributed by atoms with Crippen LogP contribution in [0.5, 0.6) is 17.2 Å². The maximum Gasteiger partial charge on any atom is 0.124 e. The molecule has 3 N–H and O–H groups in total. The van der Waals surface area contributed by atoms with Gasteiger partial charge in [-0.15, -0.1) is 0 Å². The van der Waals surface area contributed by atoms with Gasteiger partial charge in [-0.3, -0.25) is 5.43 Å². The molecule has 0 radical (unpaired) electrons. The van der Waals surface area contributed by atoms with Gasteiger partial charge in [-0.1, -0.05) is 52.3 Å². The number of para-hydroxylation sites is 1. The van der Waals surface area contributed by atoms with E-state index in [1.807, 2.05) is 54.6 Å². The molecule has 5 nitrogen and oxygen atoms in total. The van der Waals surface area contributed by atoms with E-state index in [9.17, 15) is 5.11 Å². The van der Waals surface area contributed by atoms with Crippen LogP contribution < -0.4 is 20.3 Å². The molecule has 1 aliphatic rings. The second-order valence-electron chi connectivity index (χ2n) is 6.99. The van der Waals surface area contributed by atoms with Crippen LogP contribution >= 0.6 is 15.9 Å². The van der Waals surface area contributed by atoms with E-state index >= 15 is 0 Å². The molecule has 3 aromatic rings. The number of hydrazine groups is 1. The number of hydrogen-bond acceptors (Lipinski definition) is 5. The fraction of sp³-hybridized carbons (Fsp3) is 0.217. The highest BCUT2D eigenvalue weighted by Crippen LogP contribution is 2.41. The average molecular weight is 455 g/mol. The van der Waals surface area contributed by atoms with Crippen molar-refractivity contribution in [3.8, 4) is 17.2 Å². The van der Waals surface area contributed by atoms with Crippen LogP contribution in [-0.4, -0.2) is 18.8 Å². The van der Waals surface area contributed by atoms with Crippen LogP contribution in [0.3, 0.4) is 0 Å². The van der Waals surface area contributed by atoms with Gasteiger partial charge in [-0.05, 0) is 29.8 Å². The second-order valence-corrected chi connectivity index (χ2v) is 7.90. The minimum absolute atomic E-state index is 0.0770. The van der Waals surface area contributed by atoms with Crippen molar-refractivity contribution in [2.45, 2.75) is 18.6 Å². The lowest BCUT2D eigenvalue weighted by molar-refractivity contribution is 0.304. The van der Waals surface area contributed by atoms with Gasteiger partial charge in [0.25, 0.3) is 0 Å². The average Bonchev–Trinajstić information content (AvgIpc) is 3.22. The number of hydrogen-bond donors (Lipinski definition) is 3. The quantitative estimate of drug-likeness (QED) is 0.504. The number of halogens is 1. The zero-order valence-electron chi connectivity index (χ0n) is 16.1. The van der Waals surface area contributed by atoms with Crippen LogP contribution in [0, 0.1) is 0 Å². The predicted molar refractivity (Wildman–Crippen MR) is 116 cm³/mol. The van der Waals surface area contributed by atoms with E-state index in [2.05, 4.69) is 32.8 Å². The number of ether oxygens (including phenoxy) is 2. The summed E-state index contributed by atoms with van der Waals surface area (Å²) >= 11 is 3.43. The van der Waals surface area contributed by atoms with Crippen molar-refractivity contribution in [1.29, 1.82) is 0 Å². The largest absolute Gasteiger partial charge is 0.507 e. The Morgan fingerprint density at radius 1 is 1.03 bits per heavy atom. The van der Waals surface area contributed by atoms with Crippen LogP contribution in [0.2, 0.25) is 0 Å². The van der Waals surface area contributed by atoms with Crippen molar-refractivity contribution in [1.82, 2.24) is 10.9 Å². The van der Waals surface area contributed by atoms with Crippen LogP contribution in [0.4, 0.5) is 0 Å². The second kappa shape index (κ2) is 8.86. The molecule has 0 aliphatic carbocycles. The van der Waals surface area contributed by atoms with Crippen molar-refractivity contribution in [2.75, 3.05) is 13.7 Å². The third-order valence-electron chi connectivity index (χ3n) is 5.18. The van der Waals surface area contributed by atoms with Gasteiger partial charge in [-0.25, -0.2) is 5.43 Å². The van der Waals surface area contributed by atoms with Gasteiger partial charge in [0, 0.05) is 34.1 Å². The zero-order valence-corrected chi connectivity index (χ0v) is 17.6.